The molecule has 0 aliphatic heterocycles. The first kappa shape index (κ1) is 7.36. The summed E-state index contributed by atoms with van der Waals surface area (Å²) in [5, 5.41) is 2.92. The van der Waals surface area contributed by atoms with Crippen molar-refractivity contribution in [2.24, 2.45) is 0 Å². The fourth-order valence-electron chi connectivity index (χ4n) is 0.338. The van der Waals surface area contributed by atoms with Gasteiger partial charge in [-0.3, -0.25) is 0 Å². The molecule has 0 bridgehead atoms. The Morgan fingerprint density at radius 3 is 2.62 bits per heavy atom. The molecular formula is C7H13N. The van der Waals surface area contributed by atoms with Gasteiger partial charge in [0.25, 0.3) is 0 Å². The van der Waals surface area contributed by atoms with Crippen molar-refractivity contribution in [2.45, 2.75) is 26.7 Å². The Kier molecular flexibility index (Phi) is 5.85. The normalized spacial score (nSPS) is 7.25. The van der Waals surface area contributed by atoms with Crippen LogP contribution in [0.5, 0.6) is 0 Å². The second-order valence-corrected chi connectivity index (χ2v) is 1.58. The second kappa shape index (κ2) is 6.36. The van der Waals surface area contributed by atoms with Gasteiger partial charge < -0.3 is 5.32 Å². The summed E-state index contributed by atoms with van der Waals surface area (Å²) in [5.41, 5.74) is 0. The van der Waals surface area contributed by atoms with E-state index < -0.39 is 0 Å². The third kappa shape index (κ3) is 5.36. The maximum absolute atomic E-state index is 2.97. The highest BCUT2D eigenvalue weighted by molar-refractivity contribution is 4.95. The zero-order valence-corrected chi connectivity index (χ0v) is 5.62. The van der Waals surface area contributed by atoms with Gasteiger partial charge in [0.15, 0.2) is 0 Å². The predicted molar refractivity (Wildman–Crippen MR) is 36.4 cm³/mol. The summed E-state index contributed by atoms with van der Waals surface area (Å²) in [6, 6.07) is 2.84. The van der Waals surface area contributed by atoms with E-state index in [9.17, 15) is 0 Å². The Morgan fingerprint density at radius 1 is 1.38 bits per heavy atom. The van der Waals surface area contributed by atoms with Crippen molar-refractivity contribution in [3.8, 4) is 12.0 Å². The Bertz CT molecular complexity index is 76.3. The predicted octanol–water partition coefficient (Wildman–Crippen LogP) is 1.36. The van der Waals surface area contributed by atoms with E-state index in [-0.39, 0.29) is 0 Å². The highest BCUT2D eigenvalue weighted by Crippen LogP contribution is 1.78. The maximum Gasteiger partial charge on any atom is 0.0201 e. The van der Waals surface area contributed by atoms with Crippen LogP contribution >= 0.6 is 0 Å². The lowest BCUT2D eigenvalue weighted by atomic mass is 10.4. The van der Waals surface area contributed by atoms with Gasteiger partial charge in [-0.1, -0.05) is 12.8 Å². The van der Waals surface area contributed by atoms with Crippen LogP contribution < -0.4 is 5.32 Å². The average molecular weight is 111 g/mol. The average Bonchev–Trinajstić information content (AvgIpc) is 1.81. The SMILES string of the molecule is CCCC#CNCC. The summed E-state index contributed by atoms with van der Waals surface area (Å²) in [7, 11) is 0. The first-order valence-corrected chi connectivity index (χ1v) is 3.12. The molecule has 0 aromatic carbocycles. The Balaban J connectivity index is 2.95. The highest BCUT2D eigenvalue weighted by atomic mass is 14.8. The standard InChI is InChI=1S/C7H13N/c1-3-5-6-7-8-4-2/h8H,3-5H2,1-2H3. The molecule has 0 saturated carbocycles. The molecule has 0 aliphatic rings. The fourth-order valence-corrected chi connectivity index (χ4v) is 0.338. The van der Waals surface area contributed by atoms with Crippen molar-refractivity contribution >= 4 is 0 Å². The number of hydrogen-bond donors (Lipinski definition) is 1. The van der Waals surface area contributed by atoms with Gasteiger partial charge in [0.2, 0.25) is 0 Å². The molecule has 46 valence electrons. The van der Waals surface area contributed by atoms with Gasteiger partial charge in [0, 0.05) is 19.0 Å². The summed E-state index contributed by atoms with van der Waals surface area (Å²) in [6.07, 6.45) is 2.16. The molecule has 0 aromatic rings. The molecule has 0 heterocycles. The number of unbranched alkanes of at least 4 members (excludes halogenated alkanes) is 1. The molecule has 1 nitrogen and oxygen atoms in total. The largest absolute Gasteiger partial charge is 0.346 e. The molecule has 0 saturated heterocycles. The highest BCUT2D eigenvalue weighted by Gasteiger charge is 1.67. The monoisotopic (exact) mass is 111 g/mol. The lowest BCUT2D eigenvalue weighted by Gasteiger charge is -1.83. The van der Waals surface area contributed by atoms with E-state index in [0.717, 1.165) is 19.4 Å². The molecule has 1 N–H and O–H groups in total. The molecule has 0 radical (unpaired) electrons. The van der Waals surface area contributed by atoms with E-state index in [1.165, 1.54) is 0 Å². The van der Waals surface area contributed by atoms with Crippen LogP contribution in [0.25, 0.3) is 0 Å². The second-order valence-electron chi connectivity index (χ2n) is 1.58. The maximum atomic E-state index is 2.97. The minimum Gasteiger partial charge on any atom is -0.346 e. The van der Waals surface area contributed by atoms with E-state index >= 15 is 0 Å². The van der Waals surface area contributed by atoms with Crippen LogP contribution in [0.15, 0.2) is 0 Å². The molecule has 0 aliphatic carbocycles. The smallest absolute Gasteiger partial charge is 0.0201 e. The zero-order valence-electron chi connectivity index (χ0n) is 5.62. The molecule has 0 aromatic heterocycles. The van der Waals surface area contributed by atoms with Crippen molar-refractivity contribution in [3.05, 3.63) is 0 Å². The summed E-state index contributed by atoms with van der Waals surface area (Å²) >= 11 is 0. The van der Waals surface area contributed by atoms with Crippen LogP contribution in [-0.4, -0.2) is 6.54 Å². The van der Waals surface area contributed by atoms with Crippen LogP contribution in [0.3, 0.4) is 0 Å². The van der Waals surface area contributed by atoms with Crippen LogP contribution in [0.1, 0.15) is 26.7 Å². The molecule has 0 rings (SSSR count). The summed E-state index contributed by atoms with van der Waals surface area (Å²) in [5.74, 6) is 2.97. The van der Waals surface area contributed by atoms with Crippen LogP contribution in [-0.2, 0) is 0 Å². The van der Waals surface area contributed by atoms with E-state index in [2.05, 4.69) is 24.2 Å². The minimum atomic E-state index is 0.941. The van der Waals surface area contributed by atoms with Crippen molar-refractivity contribution in [1.29, 1.82) is 0 Å². The van der Waals surface area contributed by atoms with Gasteiger partial charge in [-0.15, -0.1) is 0 Å². The lowest BCUT2D eigenvalue weighted by Crippen LogP contribution is -2.01. The first-order chi connectivity index (χ1) is 3.91. The Hall–Kier alpha value is -0.640. The minimum absolute atomic E-state index is 0.941. The van der Waals surface area contributed by atoms with Crippen LogP contribution in [0.2, 0.25) is 0 Å². The van der Waals surface area contributed by atoms with Crippen molar-refractivity contribution in [2.75, 3.05) is 6.54 Å². The van der Waals surface area contributed by atoms with E-state index in [1.54, 1.807) is 0 Å². The quantitative estimate of drug-likeness (QED) is 0.419. The number of rotatable bonds is 2. The molecule has 8 heavy (non-hydrogen) atoms. The molecule has 1 heteroatoms. The van der Waals surface area contributed by atoms with Crippen molar-refractivity contribution < 1.29 is 0 Å². The van der Waals surface area contributed by atoms with Crippen LogP contribution in [0.4, 0.5) is 0 Å². The van der Waals surface area contributed by atoms with Gasteiger partial charge >= 0.3 is 0 Å². The van der Waals surface area contributed by atoms with E-state index in [4.69, 9.17) is 0 Å². The molecule has 0 spiro atoms. The third-order valence-corrected chi connectivity index (χ3v) is 0.729. The first-order valence-electron chi connectivity index (χ1n) is 3.12. The van der Waals surface area contributed by atoms with Crippen LogP contribution in [0, 0.1) is 12.0 Å². The van der Waals surface area contributed by atoms with Gasteiger partial charge in [-0.25, -0.2) is 0 Å². The zero-order chi connectivity index (χ0) is 6.24. The topological polar surface area (TPSA) is 12.0 Å². The number of hydrogen-bond acceptors (Lipinski definition) is 1. The van der Waals surface area contributed by atoms with Gasteiger partial charge in [-0.05, 0) is 13.3 Å². The van der Waals surface area contributed by atoms with Gasteiger partial charge in [-0.2, -0.15) is 0 Å². The van der Waals surface area contributed by atoms with Gasteiger partial charge in [0.1, 0.15) is 0 Å². The molecule has 0 fully saturated rings. The fraction of sp³-hybridized carbons (Fsp3) is 0.714. The molecule has 0 unspecified atom stereocenters. The molecular weight excluding hydrogens is 98.1 g/mol. The van der Waals surface area contributed by atoms with E-state index in [0.29, 0.717) is 0 Å². The summed E-state index contributed by atoms with van der Waals surface area (Å²) < 4.78 is 0. The van der Waals surface area contributed by atoms with Gasteiger partial charge in [0.05, 0.1) is 0 Å². The Morgan fingerprint density at radius 2 is 2.12 bits per heavy atom. The third-order valence-electron chi connectivity index (χ3n) is 0.729. The van der Waals surface area contributed by atoms with E-state index in [1.807, 2.05) is 6.92 Å². The summed E-state index contributed by atoms with van der Waals surface area (Å²) in [4.78, 5) is 0. The summed E-state index contributed by atoms with van der Waals surface area (Å²) in [6.45, 7) is 5.11. The molecule has 0 atom stereocenters. The number of nitrogens with one attached hydrogen (secondary N) is 1. The van der Waals surface area contributed by atoms with Crippen molar-refractivity contribution in [3.63, 3.8) is 0 Å². The van der Waals surface area contributed by atoms with Crippen molar-refractivity contribution in [1.82, 2.24) is 5.32 Å². The molecule has 0 amide bonds. The Labute approximate surface area is 51.5 Å². The lowest BCUT2D eigenvalue weighted by molar-refractivity contribution is 0.937.